The third-order valence-corrected chi connectivity index (χ3v) is 2.80. The Hall–Kier alpha value is -1.79. The van der Waals surface area contributed by atoms with Crippen molar-refractivity contribution in [3.8, 4) is 0 Å². The molecule has 0 bridgehead atoms. The Morgan fingerprint density at radius 2 is 2.06 bits per heavy atom. The number of carbonyl (C=O) groups is 3. The first kappa shape index (κ1) is 13.3. The normalized spacial score (nSPS) is 21.7. The van der Waals surface area contributed by atoms with Crippen molar-refractivity contribution in [2.24, 2.45) is 5.73 Å². The lowest BCUT2D eigenvalue weighted by atomic mass is 10.0. The van der Waals surface area contributed by atoms with E-state index >= 15 is 0 Å². The molecule has 1 unspecified atom stereocenters. The van der Waals surface area contributed by atoms with Crippen molar-refractivity contribution in [3.05, 3.63) is 0 Å². The molecule has 17 heavy (non-hydrogen) atoms. The lowest BCUT2D eigenvalue weighted by Crippen LogP contribution is -2.55. The summed E-state index contributed by atoms with van der Waals surface area (Å²) in [6, 6.07) is -2.17. The van der Waals surface area contributed by atoms with Crippen LogP contribution in [0.1, 0.15) is 26.2 Å². The number of nitrogens with one attached hydrogen (secondary N) is 1. The van der Waals surface area contributed by atoms with Gasteiger partial charge < -0.3 is 21.1 Å². The molecule has 1 rings (SSSR count). The van der Waals surface area contributed by atoms with E-state index in [-0.39, 0.29) is 0 Å². The molecular weight excluding hydrogens is 226 g/mol. The molecule has 96 valence electrons. The van der Waals surface area contributed by atoms with Gasteiger partial charge in [0.15, 0.2) is 0 Å². The van der Waals surface area contributed by atoms with Crippen molar-refractivity contribution in [2.45, 2.75) is 38.3 Å². The van der Waals surface area contributed by atoms with E-state index in [4.69, 9.17) is 10.8 Å². The highest BCUT2D eigenvalue weighted by molar-refractivity contribution is 5.88. The molecule has 2 atom stereocenters. The lowest BCUT2D eigenvalue weighted by Gasteiger charge is -2.34. The fourth-order valence-electron chi connectivity index (χ4n) is 1.80. The monoisotopic (exact) mass is 243 g/mol. The number of likely N-dealkylation sites (tertiary alicyclic amines) is 1. The van der Waals surface area contributed by atoms with Crippen LogP contribution in [0.25, 0.3) is 0 Å². The smallest absolute Gasteiger partial charge is 0.325 e. The van der Waals surface area contributed by atoms with Crippen molar-refractivity contribution in [1.29, 1.82) is 0 Å². The van der Waals surface area contributed by atoms with Gasteiger partial charge in [-0.25, -0.2) is 4.79 Å². The van der Waals surface area contributed by atoms with Gasteiger partial charge in [0.05, 0.1) is 0 Å². The average Bonchev–Trinajstić information content (AvgIpc) is 2.28. The predicted molar refractivity (Wildman–Crippen MR) is 59.2 cm³/mol. The Balaban J connectivity index is 2.65. The number of hydrogen-bond acceptors (Lipinski definition) is 3. The molecule has 7 heteroatoms. The molecule has 0 aromatic rings. The number of hydrogen-bond donors (Lipinski definition) is 3. The van der Waals surface area contributed by atoms with Gasteiger partial charge in [0.2, 0.25) is 5.91 Å². The van der Waals surface area contributed by atoms with Crippen LogP contribution in [0.2, 0.25) is 0 Å². The molecule has 0 aromatic carbocycles. The zero-order chi connectivity index (χ0) is 13.0. The molecule has 4 N–H and O–H groups in total. The van der Waals surface area contributed by atoms with Gasteiger partial charge in [-0.1, -0.05) is 0 Å². The van der Waals surface area contributed by atoms with Crippen LogP contribution < -0.4 is 11.1 Å². The number of nitrogens with zero attached hydrogens (tertiary/aromatic N) is 1. The molecule has 0 aliphatic carbocycles. The number of aliphatic carboxylic acids is 1. The van der Waals surface area contributed by atoms with E-state index in [0.29, 0.717) is 13.0 Å². The van der Waals surface area contributed by atoms with E-state index in [2.05, 4.69) is 5.32 Å². The number of carboxylic acid groups (broad SMARTS) is 1. The van der Waals surface area contributed by atoms with Gasteiger partial charge in [-0.05, 0) is 26.2 Å². The molecule has 1 aliphatic rings. The number of urea groups is 1. The van der Waals surface area contributed by atoms with E-state index < -0.39 is 30.0 Å². The number of rotatable bonds is 3. The van der Waals surface area contributed by atoms with Gasteiger partial charge in [0.25, 0.3) is 0 Å². The second-order valence-corrected chi connectivity index (χ2v) is 4.12. The first-order chi connectivity index (χ1) is 7.93. The summed E-state index contributed by atoms with van der Waals surface area (Å²) >= 11 is 0. The molecule has 1 aliphatic heterocycles. The maximum absolute atomic E-state index is 11.8. The fourth-order valence-corrected chi connectivity index (χ4v) is 1.80. The highest BCUT2D eigenvalue weighted by Crippen LogP contribution is 2.16. The zero-order valence-corrected chi connectivity index (χ0v) is 9.68. The van der Waals surface area contributed by atoms with E-state index in [9.17, 15) is 14.4 Å². The Morgan fingerprint density at radius 3 is 2.59 bits per heavy atom. The summed E-state index contributed by atoms with van der Waals surface area (Å²) in [5.41, 5.74) is 5.21. The van der Waals surface area contributed by atoms with Gasteiger partial charge in [-0.3, -0.25) is 9.59 Å². The largest absolute Gasteiger partial charge is 0.480 e. The number of nitrogens with two attached hydrogens (primary N) is 1. The molecule has 0 aromatic heterocycles. The topological polar surface area (TPSA) is 113 Å². The van der Waals surface area contributed by atoms with Gasteiger partial charge in [0, 0.05) is 6.54 Å². The van der Waals surface area contributed by atoms with Crippen LogP contribution in [-0.4, -0.2) is 46.5 Å². The summed E-state index contributed by atoms with van der Waals surface area (Å²) in [5.74, 6) is -1.67. The number of carbonyl (C=O) groups excluding carboxylic acids is 2. The minimum absolute atomic E-state index is 0.422. The van der Waals surface area contributed by atoms with E-state index in [1.165, 1.54) is 11.8 Å². The Kier molecular flexibility index (Phi) is 4.30. The molecule has 1 fully saturated rings. The quantitative estimate of drug-likeness (QED) is 0.620. The zero-order valence-electron chi connectivity index (χ0n) is 9.68. The van der Waals surface area contributed by atoms with Crippen molar-refractivity contribution < 1.29 is 19.5 Å². The predicted octanol–water partition coefficient (Wildman–Crippen LogP) is -0.491. The Labute approximate surface area is 98.9 Å². The maximum Gasteiger partial charge on any atom is 0.325 e. The van der Waals surface area contributed by atoms with E-state index in [0.717, 1.165) is 12.8 Å². The molecule has 3 amide bonds. The van der Waals surface area contributed by atoms with Gasteiger partial charge in [-0.15, -0.1) is 0 Å². The summed E-state index contributed by atoms with van der Waals surface area (Å²) in [4.78, 5) is 34.9. The number of carboxylic acids is 1. The molecule has 7 nitrogen and oxygen atoms in total. The van der Waals surface area contributed by atoms with E-state index in [1.54, 1.807) is 0 Å². The van der Waals surface area contributed by atoms with Crippen LogP contribution in [-0.2, 0) is 9.59 Å². The van der Waals surface area contributed by atoms with Crippen LogP contribution in [0.4, 0.5) is 4.79 Å². The molecule has 1 heterocycles. The van der Waals surface area contributed by atoms with Gasteiger partial charge in [-0.2, -0.15) is 0 Å². The molecule has 0 saturated carbocycles. The number of amides is 3. The van der Waals surface area contributed by atoms with Gasteiger partial charge in [0.1, 0.15) is 12.1 Å². The van der Waals surface area contributed by atoms with Crippen molar-refractivity contribution in [2.75, 3.05) is 6.54 Å². The Morgan fingerprint density at radius 1 is 1.41 bits per heavy atom. The average molecular weight is 243 g/mol. The van der Waals surface area contributed by atoms with E-state index in [1.807, 2.05) is 0 Å². The molecule has 1 saturated heterocycles. The third kappa shape index (κ3) is 3.33. The van der Waals surface area contributed by atoms with Crippen molar-refractivity contribution in [3.63, 3.8) is 0 Å². The van der Waals surface area contributed by atoms with Crippen LogP contribution in [0.3, 0.4) is 0 Å². The standard InChI is InChI=1S/C10H17N3O4/c1-6(9(15)16)12-10(17)13-5-3-2-4-7(13)8(11)14/h6-7H,2-5H2,1H3,(H2,11,14)(H,12,17)(H,15,16)/t6-,7?/m1/s1. The number of primary amides is 1. The summed E-state index contributed by atoms with van der Waals surface area (Å²) in [7, 11) is 0. The van der Waals surface area contributed by atoms with Crippen LogP contribution >= 0.6 is 0 Å². The highest BCUT2D eigenvalue weighted by Gasteiger charge is 2.31. The maximum atomic E-state index is 11.8. The molecule has 0 radical (unpaired) electrons. The third-order valence-electron chi connectivity index (χ3n) is 2.80. The van der Waals surface area contributed by atoms with Crippen LogP contribution in [0.5, 0.6) is 0 Å². The first-order valence-corrected chi connectivity index (χ1v) is 5.52. The minimum Gasteiger partial charge on any atom is -0.480 e. The number of piperidine rings is 1. The summed E-state index contributed by atoms with van der Waals surface area (Å²) in [6.07, 6.45) is 2.16. The SMILES string of the molecule is C[C@@H](NC(=O)N1CCCCC1C(N)=O)C(=O)O. The lowest BCUT2D eigenvalue weighted by molar-refractivity contribution is -0.138. The highest BCUT2D eigenvalue weighted by atomic mass is 16.4. The minimum atomic E-state index is -1.12. The van der Waals surface area contributed by atoms with Crippen molar-refractivity contribution in [1.82, 2.24) is 10.2 Å². The molecular formula is C10H17N3O4. The second-order valence-electron chi connectivity index (χ2n) is 4.12. The fraction of sp³-hybridized carbons (Fsp3) is 0.700. The van der Waals surface area contributed by atoms with Crippen LogP contribution in [0.15, 0.2) is 0 Å². The summed E-state index contributed by atoms with van der Waals surface area (Å²) < 4.78 is 0. The summed E-state index contributed by atoms with van der Waals surface area (Å²) in [6.45, 7) is 1.79. The molecule has 0 spiro atoms. The second kappa shape index (κ2) is 5.51. The van der Waals surface area contributed by atoms with Gasteiger partial charge >= 0.3 is 12.0 Å². The van der Waals surface area contributed by atoms with Crippen LogP contribution in [0, 0.1) is 0 Å². The van der Waals surface area contributed by atoms with Crippen molar-refractivity contribution >= 4 is 17.9 Å². The Bertz CT molecular complexity index is 332. The first-order valence-electron chi connectivity index (χ1n) is 5.52. The summed E-state index contributed by atoms with van der Waals surface area (Å²) in [5, 5.41) is 11.0.